The van der Waals surface area contributed by atoms with Gasteiger partial charge in [0.15, 0.2) is 0 Å². The van der Waals surface area contributed by atoms with E-state index in [0.29, 0.717) is 10.7 Å². The van der Waals surface area contributed by atoms with Crippen LogP contribution in [0.15, 0.2) is 41.5 Å². The summed E-state index contributed by atoms with van der Waals surface area (Å²) in [5.74, 6) is -0.504. The van der Waals surface area contributed by atoms with Gasteiger partial charge in [-0.05, 0) is 38.5 Å². The van der Waals surface area contributed by atoms with Crippen molar-refractivity contribution in [2.75, 3.05) is 4.90 Å². The fourth-order valence-electron chi connectivity index (χ4n) is 4.49. The average molecular weight is 328 g/mol. The lowest BCUT2D eigenvalue weighted by Gasteiger charge is -2.21. The average Bonchev–Trinajstić information content (AvgIpc) is 3.13. The number of nitrogens with zero attached hydrogens (tertiary/aromatic N) is 1. The molecule has 0 unspecified atom stereocenters. The van der Waals surface area contributed by atoms with Gasteiger partial charge in [0, 0.05) is 16.9 Å². The van der Waals surface area contributed by atoms with Gasteiger partial charge in [0.1, 0.15) is 0 Å². The molecule has 1 aromatic rings. The number of imide groups is 1. The summed E-state index contributed by atoms with van der Waals surface area (Å²) in [6.07, 6.45) is 4.21. The van der Waals surface area contributed by atoms with Crippen LogP contribution in [0.25, 0.3) is 0 Å². The molecule has 2 fully saturated rings. The van der Waals surface area contributed by atoms with E-state index in [-0.39, 0.29) is 35.5 Å². The Morgan fingerprint density at radius 3 is 2.13 bits per heavy atom. The Bertz CT molecular complexity index is 770. The second kappa shape index (κ2) is 4.81. The second-order valence-corrected chi connectivity index (χ2v) is 7.32. The lowest BCUT2D eigenvalue weighted by Crippen LogP contribution is -2.33. The molecule has 1 aromatic carbocycles. The molecular formula is C19H18ClNO2. The number of benzene rings is 1. The van der Waals surface area contributed by atoms with Crippen molar-refractivity contribution in [3.05, 3.63) is 52.1 Å². The molecule has 23 heavy (non-hydrogen) atoms. The van der Waals surface area contributed by atoms with Gasteiger partial charge < -0.3 is 0 Å². The second-order valence-electron chi connectivity index (χ2n) is 6.89. The zero-order valence-electron chi connectivity index (χ0n) is 13.3. The van der Waals surface area contributed by atoms with Gasteiger partial charge in [0.2, 0.25) is 11.8 Å². The van der Waals surface area contributed by atoms with Gasteiger partial charge in [0.05, 0.1) is 17.5 Å². The van der Waals surface area contributed by atoms with E-state index in [1.807, 2.05) is 13.0 Å². The minimum Gasteiger partial charge on any atom is -0.274 e. The highest BCUT2D eigenvalue weighted by molar-refractivity contribution is 6.31. The van der Waals surface area contributed by atoms with E-state index in [1.165, 1.54) is 16.0 Å². The summed E-state index contributed by atoms with van der Waals surface area (Å²) in [6, 6.07) is 5.34. The number of anilines is 1. The minimum absolute atomic E-state index is 0.0796. The van der Waals surface area contributed by atoms with Crippen LogP contribution in [0.5, 0.6) is 0 Å². The van der Waals surface area contributed by atoms with Crippen molar-refractivity contribution >= 4 is 29.1 Å². The number of carbonyl (C=O) groups is 2. The van der Waals surface area contributed by atoms with Crippen LogP contribution in [0.2, 0.25) is 5.02 Å². The number of aryl methyl sites for hydroxylation is 1. The van der Waals surface area contributed by atoms with Gasteiger partial charge in [0.25, 0.3) is 0 Å². The number of halogens is 1. The number of allylic oxidation sites excluding steroid dienone is 4. The smallest absolute Gasteiger partial charge is 0.238 e. The first-order chi connectivity index (χ1) is 10.9. The first-order valence-electron chi connectivity index (χ1n) is 7.91. The first kappa shape index (κ1) is 14.7. The van der Waals surface area contributed by atoms with Crippen molar-refractivity contribution in [2.24, 2.45) is 23.7 Å². The molecule has 0 aromatic heterocycles. The van der Waals surface area contributed by atoms with Crippen LogP contribution in [0, 0.1) is 30.6 Å². The number of rotatable bonds is 1. The Labute approximate surface area is 140 Å². The van der Waals surface area contributed by atoms with Crippen molar-refractivity contribution in [1.29, 1.82) is 0 Å². The topological polar surface area (TPSA) is 37.4 Å². The summed E-state index contributed by atoms with van der Waals surface area (Å²) in [5.41, 5.74) is 4.01. The molecule has 1 saturated carbocycles. The molecule has 2 amide bonds. The SMILES string of the molecule is CC(C)=C1[C@H]2C=C[C@@H]1[C@H]1C(=O)N(c3cc(Cl)ccc3C)C(=O)[C@H]12. The Morgan fingerprint density at radius 1 is 1.04 bits per heavy atom. The summed E-state index contributed by atoms with van der Waals surface area (Å²) >= 11 is 6.08. The van der Waals surface area contributed by atoms with Crippen molar-refractivity contribution in [3.63, 3.8) is 0 Å². The monoisotopic (exact) mass is 327 g/mol. The third kappa shape index (κ3) is 1.83. The Morgan fingerprint density at radius 2 is 1.61 bits per heavy atom. The van der Waals surface area contributed by atoms with E-state index >= 15 is 0 Å². The Hall–Kier alpha value is -1.87. The molecule has 4 atom stereocenters. The van der Waals surface area contributed by atoms with Gasteiger partial charge in [-0.15, -0.1) is 0 Å². The largest absolute Gasteiger partial charge is 0.274 e. The van der Waals surface area contributed by atoms with E-state index in [1.54, 1.807) is 12.1 Å². The number of hydrogen-bond donors (Lipinski definition) is 0. The predicted molar refractivity (Wildman–Crippen MR) is 90.2 cm³/mol. The molecule has 3 nitrogen and oxygen atoms in total. The zero-order valence-corrected chi connectivity index (χ0v) is 14.1. The van der Waals surface area contributed by atoms with Crippen LogP contribution in [-0.2, 0) is 9.59 Å². The lowest BCUT2D eigenvalue weighted by molar-refractivity contribution is -0.122. The minimum atomic E-state index is -0.249. The van der Waals surface area contributed by atoms with Gasteiger partial charge >= 0.3 is 0 Å². The van der Waals surface area contributed by atoms with Crippen LogP contribution >= 0.6 is 11.6 Å². The van der Waals surface area contributed by atoms with Gasteiger partial charge in [-0.3, -0.25) is 9.59 Å². The van der Waals surface area contributed by atoms with Crippen LogP contribution in [0.3, 0.4) is 0 Å². The maximum atomic E-state index is 13.0. The molecule has 1 aliphatic heterocycles. The number of hydrogen-bond acceptors (Lipinski definition) is 2. The summed E-state index contributed by atoms with van der Waals surface area (Å²) in [7, 11) is 0. The normalized spacial score (nSPS) is 31.3. The highest BCUT2D eigenvalue weighted by Gasteiger charge is 2.62. The number of fused-ring (bicyclic) bond motifs is 5. The predicted octanol–water partition coefficient (Wildman–Crippen LogP) is 3.91. The maximum Gasteiger partial charge on any atom is 0.238 e. The third-order valence-corrected chi connectivity index (χ3v) is 5.64. The molecule has 1 heterocycles. The van der Waals surface area contributed by atoms with E-state index in [4.69, 9.17) is 11.6 Å². The standard InChI is InChI=1S/C19H18ClNO2/c1-9(2)15-12-6-7-13(15)17-16(12)18(22)21(19(17)23)14-8-11(20)5-4-10(14)3/h4-8,12-13,16-17H,1-3H3/t12-,13+,16+,17-. The van der Waals surface area contributed by atoms with Crippen molar-refractivity contribution < 1.29 is 9.59 Å². The van der Waals surface area contributed by atoms with Crippen LogP contribution < -0.4 is 4.90 Å². The Kier molecular flexibility index (Phi) is 3.08. The lowest BCUT2D eigenvalue weighted by atomic mass is 9.85. The Balaban J connectivity index is 1.80. The zero-order chi connectivity index (χ0) is 16.5. The molecule has 0 spiro atoms. The molecule has 118 valence electrons. The molecule has 4 heteroatoms. The fourth-order valence-corrected chi connectivity index (χ4v) is 4.66. The van der Waals surface area contributed by atoms with Gasteiger partial charge in [-0.2, -0.15) is 0 Å². The van der Waals surface area contributed by atoms with E-state index in [0.717, 1.165) is 5.56 Å². The summed E-state index contributed by atoms with van der Waals surface area (Å²) < 4.78 is 0. The first-order valence-corrected chi connectivity index (χ1v) is 8.29. The van der Waals surface area contributed by atoms with Crippen LogP contribution in [-0.4, -0.2) is 11.8 Å². The van der Waals surface area contributed by atoms with Crippen molar-refractivity contribution in [2.45, 2.75) is 20.8 Å². The third-order valence-electron chi connectivity index (χ3n) is 5.41. The number of amides is 2. The van der Waals surface area contributed by atoms with Gasteiger partial charge in [-0.1, -0.05) is 41.0 Å². The molecule has 1 saturated heterocycles. The fraction of sp³-hybridized carbons (Fsp3) is 0.368. The highest BCUT2D eigenvalue weighted by atomic mass is 35.5. The van der Waals surface area contributed by atoms with Crippen molar-refractivity contribution in [3.8, 4) is 0 Å². The summed E-state index contributed by atoms with van der Waals surface area (Å²) in [6.45, 7) is 6.03. The van der Waals surface area contributed by atoms with E-state index in [2.05, 4.69) is 26.0 Å². The quantitative estimate of drug-likeness (QED) is 0.579. The summed E-state index contributed by atoms with van der Waals surface area (Å²) in [4.78, 5) is 27.4. The summed E-state index contributed by atoms with van der Waals surface area (Å²) in [5, 5.41) is 0.536. The van der Waals surface area contributed by atoms with Crippen LogP contribution in [0.4, 0.5) is 5.69 Å². The molecule has 2 aliphatic carbocycles. The molecule has 4 rings (SSSR count). The molecular weight excluding hydrogens is 310 g/mol. The molecule has 3 aliphatic rings. The molecule has 0 N–H and O–H groups in total. The molecule has 0 radical (unpaired) electrons. The van der Waals surface area contributed by atoms with Gasteiger partial charge in [-0.25, -0.2) is 4.90 Å². The highest BCUT2D eigenvalue weighted by Crippen LogP contribution is 2.57. The molecule has 2 bridgehead atoms. The maximum absolute atomic E-state index is 13.0. The van der Waals surface area contributed by atoms with E-state index < -0.39 is 0 Å². The van der Waals surface area contributed by atoms with Crippen LogP contribution in [0.1, 0.15) is 19.4 Å². The number of carbonyl (C=O) groups excluding carboxylic acids is 2. The van der Waals surface area contributed by atoms with E-state index in [9.17, 15) is 9.59 Å². The van der Waals surface area contributed by atoms with Crippen molar-refractivity contribution in [1.82, 2.24) is 0 Å².